The molecule has 5 aliphatic rings. The van der Waals surface area contributed by atoms with Crippen molar-refractivity contribution in [3.8, 4) is 23.0 Å². The predicted octanol–water partition coefficient (Wildman–Crippen LogP) is 6.97. The average molecular weight is 618 g/mol. The van der Waals surface area contributed by atoms with Crippen molar-refractivity contribution in [3.63, 3.8) is 0 Å². The van der Waals surface area contributed by atoms with Gasteiger partial charge >= 0.3 is 6.01 Å². The summed E-state index contributed by atoms with van der Waals surface area (Å²) < 4.78 is 52.6. The van der Waals surface area contributed by atoms with E-state index in [2.05, 4.69) is 19.8 Å². The molecule has 0 unspecified atom stereocenters. The van der Waals surface area contributed by atoms with Crippen LogP contribution in [0.1, 0.15) is 57.4 Å². The van der Waals surface area contributed by atoms with Crippen LogP contribution in [0.3, 0.4) is 0 Å². The molecule has 2 aromatic carbocycles. The molecule has 4 aliphatic heterocycles. The van der Waals surface area contributed by atoms with Gasteiger partial charge in [-0.3, -0.25) is 9.88 Å². The SMILES string of the molecule is CCc1c(F)ccc2cc(O)cc(-c3ncc4c(N5CC6CCC(CC6)C5)nc(OC[C@@]56CCCN5C[C@H](F)C6)nc4c3F)c12. The van der Waals surface area contributed by atoms with Gasteiger partial charge in [-0.25, -0.2) is 13.2 Å². The quantitative estimate of drug-likeness (QED) is 0.250. The summed E-state index contributed by atoms with van der Waals surface area (Å²) in [7, 11) is 0. The van der Waals surface area contributed by atoms with Crippen LogP contribution in [-0.2, 0) is 6.42 Å². The maximum absolute atomic E-state index is 16.9. The number of nitrogens with zero attached hydrogens (tertiary/aromatic N) is 5. The second-order valence-corrected chi connectivity index (χ2v) is 13.6. The Morgan fingerprint density at radius 1 is 1.04 bits per heavy atom. The number of alkyl halides is 1. The number of aromatic hydroxyl groups is 1. The number of benzene rings is 2. The van der Waals surface area contributed by atoms with Crippen LogP contribution in [-0.4, -0.2) is 69.5 Å². The van der Waals surface area contributed by atoms with Crippen LogP contribution in [0.4, 0.5) is 19.0 Å². The van der Waals surface area contributed by atoms with Crippen LogP contribution in [0.5, 0.6) is 11.8 Å². The number of phenolic OH excluding ortho intramolecular Hbond substituents is 1. The summed E-state index contributed by atoms with van der Waals surface area (Å²) in [4.78, 5) is 18.5. The molecule has 2 atom stereocenters. The highest BCUT2D eigenvalue weighted by Gasteiger charge is 2.49. The minimum absolute atomic E-state index is 0.0214. The molecule has 9 rings (SSSR count). The van der Waals surface area contributed by atoms with Crippen molar-refractivity contribution in [2.45, 2.75) is 70.0 Å². The summed E-state index contributed by atoms with van der Waals surface area (Å²) in [6.45, 7) is 4.97. The molecule has 236 valence electrons. The van der Waals surface area contributed by atoms with E-state index in [0.29, 0.717) is 64.3 Å². The van der Waals surface area contributed by atoms with Crippen LogP contribution < -0.4 is 9.64 Å². The summed E-state index contributed by atoms with van der Waals surface area (Å²) in [5.41, 5.74) is 0.379. The van der Waals surface area contributed by atoms with Crippen LogP contribution in [0.25, 0.3) is 32.9 Å². The maximum Gasteiger partial charge on any atom is 0.319 e. The highest BCUT2D eigenvalue weighted by molar-refractivity contribution is 6.01. The average Bonchev–Trinajstić information content (AvgIpc) is 3.37. The second-order valence-electron chi connectivity index (χ2n) is 13.6. The Bertz CT molecular complexity index is 1780. The van der Waals surface area contributed by atoms with Gasteiger partial charge in [-0.05, 0) is 97.9 Å². The van der Waals surface area contributed by atoms with Gasteiger partial charge in [0.05, 0.1) is 10.9 Å². The zero-order valence-electron chi connectivity index (χ0n) is 25.5. The summed E-state index contributed by atoms with van der Waals surface area (Å²) in [5.74, 6) is 0.551. The van der Waals surface area contributed by atoms with Gasteiger partial charge in [-0.2, -0.15) is 9.97 Å². The lowest BCUT2D eigenvalue weighted by atomic mass is 9.84. The van der Waals surface area contributed by atoms with Gasteiger partial charge in [-0.1, -0.05) is 13.0 Å². The molecule has 6 heterocycles. The van der Waals surface area contributed by atoms with Crippen molar-refractivity contribution in [1.29, 1.82) is 0 Å². The number of aromatic nitrogens is 3. The normalized spacial score (nSPS) is 26.6. The molecule has 1 N–H and O–H groups in total. The molecule has 0 amide bonds. The third-order valence-corrected chi connectivity index (χ3v) is 10.9. The van der Waals surface area contributed by atoms with Crippen molar-refractivity contribution in [3.05, 3.63) is 47.7 Å². The molecule has 7 nitrogen and oxygen atoms in total. The predicted molar refractivity (Wildman–Crippen MR) is 167 cm³/mol. The van der Waals surface area contributed by atoms with Gasteiger partial charge in [-0.15, -0.1) is 0 Å². The lowest BCUT2D eigenvalue weighted by Gasteiger charge is -2.31. The number of rotatable bonds is 6. The monoisotopic (exact) mass is 617 g/mol. The molecule has 0 spiro atoms. The van der Waals surface area contributed by atoms with Crippen molar-refractivity contribution in [2.75, 3.05) is 37.7 Å². The Morgan fingerprint density at radius 2 is 1.82 bits per heavy atom. The fraction of sp³-hybridized carbons (Fsp3) is 0.514. The molecule has 0 radical (unpaired) electrons. The van der Waals surface area contributed by atoms with E-state index in [1.165, 1.54) is 37.8 Å². The standard InChI is InChI=1S/C35H38F3N5O2/c1-2-25-28(37)9-8-22-12-24(44)13-26(29(22)25)31-30(38)32-27(15-39-31)33(42-16-20-4-5-21(17-42)7-6-20)41-34(40-32)45-19-35-10-3-11-43(35)18-23(36)14-35/h8-9,12-13,15,20-21,23,44H,2-7,10-11,14,16-19H2,1H3/t20?,21?,23-,35+/m1/s1. The van der Waals surface area contributed by atoms with Crippen molar-refractivity contribution < 1.29 is 23.0 Å². The lowest BCUT2D eigenvalue weighted by Crippen LogP contribution is -2.43. The van der Waals surface area contributed by atoms with E-state index in [1.54, 1.807) is 18.3 Å². The molecule has 2 aromatic heterocycles. The molecule has 1 aliphatic carbocycles. The van der Waals surface area contributed by atoms with E-state index < -0.39 is 23.3 Å². The largest absolute Gasteiger partial charge is 0.508 e. The first kappa shape index (κ1) is 28.8. The zero-order chi connectivity index (χ0) is 30.9. The smallest absolute Gasteiger partial charge is 0.319 e. The van der Waals surface area contributed by atoms with Crippen LogP contribution >= 0.6 is 0 Å². The number of hydrogen-bond acceptors (Lipinski definition) is 7. The van der Waals surface area contributed by atoms with Crippen molar-refractivity contribution >= 4 is 27.5 Å². The summed E-state index contributed by atoms with van der Waals surface area (Å²) in [6, 6.07) is 6.00. The first-order valence-electron chi connectivity index (χ1n) is 16.4. The second kappa shape index (κ2) is 11.0. The molecular formula is C35H38F3N5O2. The molecular weight excluding hydrogens is 579 g/mol. The van der Waals surface area contributed by atoms with Gasteiger partial charge in [0.25, 0.3) is 0 Å². The summed E-state index contributed by atoms with van der Waals surface area (Å²) >= 11 is 0. The van der Waals surface area contributed by atoms with Crippen LogP contribution in [0.2, 0.25) is 0 Å². The Balaban J connectivity index is 1.28. The topological polar surface area (TPSA) is 74.6 Å². The molecule has 2 bridgehead atoms. The van der Waals surface area contributed by atoms with Gasteiger partial charge in [0.15, 0.2) is 5.82 Å². The first-order valence-corrected chi connectivity index (χ1v) is 16.4. The number of anilines is 1. The van der Waals surface area contributed by atoms with Crippen molar-refractivity contribution in [2.24, 2.45) is 11.8 Å². The van der Waals surface area contributed by atoms with E-state index >= 15 is 4.39 Å². The Morgan fingerprint density at radius 3 is 2.58 bits per heavy atom. The molecule has 4 aromatic rings. The van der Waals surface area contributed by atoms with Gasteiger partial charge in [0, 0.05) is 37.8 Å². The minimum Gasteiger partial charge on any atom is -0.508 e. The summed E-state index contributed by atoms with van der Waals surface area (Å²) in [5, 5.41) is 12.2. The Hall–Kier alpha value is -3.66. The zero-order valence-corrected chi connectivity index (χ0v) is 25.5. The highest BCUT2D eigenvalue weighted by Crippen LogP contribution is 2.43. The molecule has 1 saturated carbocycles. The fourth-order valence-corrected chi connectivity index (χ4v) is 8.66. The lowest BCUT2D eigenvalue weighted by molar-refractivity contribution is 0.107. The number of hydrogen-bond donors (Lipinski definition) is 1. The number of halogens is 3. The number of phenols is 1. The number of ether oxygens (including phenoxy) is 1. The molecule has 5 fully saturated rings. The minimum atomic E-state index is -0.893. The van der Waals surface area contributed by atoms with E-state index in [-0.39, 0.29) is 29.6 Å². The summed E-state index contributed by atoms with van der Waals surface area (Å²) in [6.07, 6.45) is 8.02. The molecule has 10 heteroatoms. The van der Waals surface area contributed by atoms with Crippen molar-refractivity contribution in [1.82, 2.24) is 19.9 Å². The Kier molecular flexibility index (Phi) is 7.04. The fourth-order valence-electron chi connectivity index (χ4n) is 8.66. The van der Waals surface area contributed by atoms with Crippen LogP contribution in [0, 0.1) is 23.5 Å². The van der Waals surface area contributed by atoms with E-state index in [4.69, 9.17) is 9.72 Å². The van der Waals surface area contributed by atoms with E-state index in [9.17, 15) is 13.9 Å². The van der Waals surface area contributed by atoms with Crippen LogP contribution in [0.15, 0.2) is 30.5 Å². The van der Waals surface area contributed by atoms with Gasteiger partial charge in [0.2, 0.25) is 0 Å². The maximum atomic E-state index is 16.9. The number of pyridine rings is 1. The number of fused-ring (bicyclic) bond motifs is 7. The Labute approximate surface area is 260 Å². The highest BCUT2D eigenvalue weighted by atomic mass is 19.1. The van der Waals surface area contributed by atoms with E-state index in [0.717, 1.165) is 32.5 Å². The first-order chi connectivity index (χ1) is 21.8. The molecule has 4 saturated heterocycles. The third-order valence-electron chi connectivity index (χ3n) is 10.9. The number of aryl methyl sites for hydroxylation is 1. The van der Waals surface area contributed by atoms with E-state index in [1.807, 2.05) is 6.92 Å². The molecule has 45 heavy (non-hydrogen) atoms. The van der Waals surface area contributed by atoms with Gasteiger partial charge < -0.3 is 14.7 Å². The van der Waals surface area contributed by atoms with Gasteiger partial charge in [0.1, 0.15) is 41.4 Å². The third kappa shape index (κ3) is 4.87.